The van der Waals surface area contributed by atoms with Crippen molar-refractivity contribution in [2.24, 2.45) is 5.92 Å². The number of ketones is 1. The molecule has 0 amide bonds. The zero-order valence-corrected chi connectivity index (χ0v) is 15.1. The van der Waals surface area contributed by atoms with E-state index in [-0.39, 0.29) is 5.92 Å². The molecule has 0 spiro atoms. The number of carbonyl (C=O) groups is 1. The van der Waals surface area contributed by atoms with Crippen LogP contribution in [0.3, 0.4) is 0 Å². The SMILES string of the molecule is CCCCc1cnn(C2CCCN(CCCC(=O)C(C)C)C2)c1. The number of unbranched alkanes of at least 4 members (excludes halogenated alkanes) is 1. The molecule has 2 rings (SSSR count). The van der Waals surface area contributed by atoms with Gasteiger partial charge in [-0.25, -0.2) is 0 Å². The molecule has 1 atom stereocenters. The summed E-state index contributed by atoms with van der Waals surface area (Å²) in [6.07, 6.45) is 12.1. The second-order valence-electron chi connectivity index (χ2n) is 7.25. The minimum absolute atomic E-state index is 0.176. The Morgan fingerprint density at radius 1 is 1.39 bits per heavy atom. The highest BCUT2D eigenvalue weighted by atomic mass is 16.1. The van der Waals surface area contributed by atoms with Crippen LogP contribution in [-0.4, -0.2) is 40.1 Å². The lowest BCUT2D eigenvalue weighted by atomic mass is 10.0. The van der Waals surface area contributed by atoms with Crippen molar-refractivity contribution in [2.45, 2.75) is 71.8 Å². The van der Waals surface area contributed by atoms with Crippen molar-refractivity contribution in [1.82, 2.24) is 14.7 Å². The topological polar surface area (TPSA) is 38.1 Å². The van der Waals surface area contributed by atoms with Crippen LogP contribution >= 0.6 is 0 Å². The first-order valence-corrected chi connectivity index (χ1v) is 9.38. The van der Waals surface area contributed by atoms with Gasteiger partial charge in [-0.15, -0.1) is 0 Å². The lowest BCUT2D eigenvalue weighted by molar-refractivity contribution is -0.122. The molecule has 0 bridgehead atoms. The summed E-state index contributed by atoms with van der Waals surface area (Å²) in [4.78, 5) is 14.2. The standard InChI is InChI=1S/C19H33N3O/c1-4-5-8-17-13-20-22(14-17)18-9-6-11-21(15-18)12-7-10-19(23)16(2)3/h13-14,16,18H,4-12,15H2,1-3H3. The van der Waals surface area contributed by atoms with Gasteiger partial charge in [0.1, 0.15) is 5.78 Å². The van der Waals surface area contributed by atoms with Gasteiger partial charge in [0.2, 0.25) is 0 Å². The summed E-state index contributed by atoms with van der Waals surface area (Å²) >= 11 is 0. The van der Waals surface area contributed by atoms with Gasteiger partial charge in [-0.1, -0.05) is 27.2 Å². The molecule has 23 heavy (non-hydrogen) atoms. The van der Waals surface area contributed by atoms with Gasteiger partial charge in [0, 0.05) is 25.1 Å². The molecule has 0 aliphatic carbocycles. The Balaban J connectivity index is 1.78. The van der Waals surface area contributed by atoms with E-state index in [9.17, 15) is 4.79 Å². The van der Waals surface area contributed by atoms with Gasteiger partial charge < -0.3 is 4.90 Å². The van der Waals surface area contributed by atoms with Gasteiger partial charge in [-0.3, -0.25) is 9.48 Å². The Morgan fingerprint density at radius 3 is 2.96 bits per heavy atom. The number of aromatic nitrogens is 2. The monoisotopic (exact) mass is 319 g/mol. The van der Waals surface area contributed by atoms with Crippen LogP contribution < -0.4 is 0 Å². The average Bonchev–Trinajstić information content (AvgIpc) is 3.02. The Morgan fingerprint density at radius 2 is 2.22 bits per heavy atom. The molecule has 1 unspecified atom stereocenters. The van der Waals surface area contributed by atoms with Gasteiger partial charge in [0.25, 0.3) is 0 Å². The molecular weight excluding hydrogens is 286 g/mol. The Hall–Kier alpha value is -1.16. The molecule has 1 fully saturated rings. The zero-order chi connectivity index (χ0) is 16.7. The molecule has 1 aliphatic rings. The number of nitrogens with zero attached hydrogens (tertiary/aromatic N) is 3. The van der Waals surface area contributed by atoms with Crippen LogP contribution in [0.1, 0.15) is 70.9 Å². The fourth-order valence-corrected chi connectivity index (χ4v) is 3.30. The second-order valence-corrected chi connectivity index (χ2v) is 7.25. The third-order valence-electron chi connectivity index (χ3n) is 4.87. The summed E-state index contributed by atoms with van der Waals surface area (Å²) in [6, 6.07) is 0.500. The Bertz CT molecular complexity index is 481. The van der Waals surface area contributed by atoms with Gasteiger partial charge in [-0.2, -0.15) is 5.10 Å². The largest absolute Gasteiger partial charge is 0.301 e. The molecule has 1 aromatic heterocycles. The number of aryl methyl sites for hydroxylation is 1. The number of piperidine rings is 1. The van der Waals surface area contributed by atoms with Crippen LogP contribution in [0.4, 0.5) is 0 Å². The summed E-state index contributed by atoms with van der Waals surface area (Å²) in [5.74, 6) is 0.570. The maximum absolute atomic E-state index is 11.7. The Kier molecular flexibility index (Phi) is 7.28. The van der Waals surface area contributed by atoms with Crippen molar-refractivity contribution in [3.05, 3.63) is 18.0 Å². The fraction of sp³-hybridized carbons (Fsp3) is 0.789. The molecule has 0 saturated carbocycles. The van der Waals surface area contributed by atoms with Crippen LogP contribution in [-0.2, 0) is 11.2 Å². The van der Waals surface area contributed by atoms with Crippen LogP contribution in [0.15, 0.2) is 12.4 Å². The quantitative estimate of drug-likeness (QED) is 0.693. The third-order valence-corrected chi connectivity index (χ3v) is 4.87. The summed E-state index contributed by atoms with van der Waals surface area (Å²) in [6.45, 7) is 9.49. The predicted molar refractivity (Wildman–Crippen MR) is 94.6 cm³/mol. The summed E-state index contributed by atoms with van der Waals surface area (Å²) in [5.41, 5.74) is 1.37. The summed E-state index contributed by atoms with van der Waals surface area (Å²) < 4.78 is 2.18. The van der Waals surface area contributed by atoms with E-state index < -0.39 is 0 Å². The average molecular weight is 319 g/mol. The van der Waals surface area contributed by atoms with E-state index in [1.165, 1.54) is 31.2 Å². The number of rotatable bonds is 9. The molecule has 4 heteroatoms. The van der Waals surface area contributed by atoms with Crippen molar-refractivity contribution in [1.29, 1.82) is 0 Å². The Labute approximate surface area is 141 Å². The molecule has 1 aromatic rings. The number of carbonyl (C=O) groups excluding carboxylic acids is 1. The third kappa shape index (κ3) is 5.76. The number of hydrogen-bond acceptors (Lipinski definition) is 3. The smallest absolute Gasteiger partial charge is 0.135 e. The van der Waals surface area contributed by atoms with E-state index >= 15 is 0 Å². The molecule has 1 saturated heterocycles. The van der Waals surface area contributed by atoms with Crippen molar-refractivity contribution < 1.29 is 4.79 Å². The minimum Gasteiger partial charge on any atom is -0.301 e. The molecule has 4 nitrogen and oxygen atoms in total. The first-order valence-electron chi connectivity index (χ1n) is 9.38. The van der Waals surface area contributed by atoms with E-state index in [2.05, 4.69) is 27.8 Å². The van der Waals surface area contributed by atoms with Gasteiger partial charge >= 0.3 is 0 Å². The first-order chi connectivity index (χ1) is 11.1. The van der Waals surface area contributed by atoms with Crippen LogP contribution in [0.5, 0.6) is 0 Å². The maximum Gasteiger partial charge on any atom is 0.135 e. The summed E-state index contributed by atoms with van der Waals surface area (Å²) in [7, 11) is 0. The normalized spacial score (nSPS) is 19.4. The number of Topliss-reactive ketones (excluding diaryl/α,β-unsaturated/α-hetero) is 1. The number of hydrogen-bond donors (Lipinski definition) is 0. The second kappa shape index (κ2) is 9.21. The van der Waals surface area contributed by atoms with E-state index in [0.717, 1.165) is 38.9 Å². The van der Waals surface area contributed by atoms with Crippen LogP contribution in [0, 0.1) is 5.92 Å². The summed E-state index contributed by atoms with van der Waals surface area (Å²) in [5, 5.41) is 4.59. The van der Waals surface area contributed by atoms with Gasteiger partial charge in [0.05, 0.1) is 12.2 Å². The lowest BCUT2D eigenvalue weighted by Crippen LogP contribution is -2.37. The van der Waals surface area contributed by atoms with E-state index in [1.54, 1.807) is 0 Å². The molecule has 0 aromatic carbocycles. The van der Waals surface area contributed by atoms with Gasteiger partial charge in [-0.05, 0) is 50.8 Å². The molecule has 1 aliphatic heterocycles. The predicted octanol–water partition coefficient (Wildman–Crippen LogP) is 3.87. The highest BCUT2D eigenvalue weighted by molar-refractivity contribution is 5.80. The minimum atomic E-state index is 0.176. The van der Waals surface area contributed by atoms with Crippen molar-refractivity contribution in [3.8, 4) is 0 Å². The van der Waals surface area contributed by atoms with E-state index in [0.29, 0.717) is 11.8 Å². The highest BCUT2D eigenvalue weighted by Crippen LogP contribution is 2.22. The van der Waals surface area contributed by atoms with Crippen LogP contribution in [0.2, 0.25) is 0 Å². The van der Waals surface area contributed by atoms with E-state index in [4.69, 9.17) is 0 Å². The highest BCUT2D eigenvalue weighted by Gasteiger charge is 2.21. The number of likely N-dealkylation sites (tertiary alicyclic amines) is 1. The maximum atomic E-state index is 11.7. The van der Waals surface area contributed by atoms with Crippen LogP contribution in [0.25, 0.3) is 0 Å². The van der Waals surface area contributed by atoms with Gasteiger partial charge in [0.15, 0.2) is 0 Å². The first kappa shape index (κ1) is 18.2. The fourth-order valence-electron chi connectivity index (χ4n) is 3.30. The lowest BCUT2D eigenvalue weighted by Gasteiger charge is -2.32. The van der Waals surface area contributed by atoms with Crippen molar-refractivity contribution in [3.63, 3.8) is 0 Å². The van der Waals surface area contributed by atoms with Crippen molar-refractivity contribution in [2.75, 3.05) is 19.6 Å². The zero-order valence-electron chi connectivity index (χ0n) is 15.1. The van der Waals surface area contributed by atoms with E-state index in [1.807, 2.05) is 20.0 Å². The molecular formula is C19H33N3O. The molecule has 0 radical (unpaired) electrons. The molecule has 0 N–H and O–H groups in total. The molecule has 130 valence electrons. The molecule has 2 heterocycles. The van der Waals surface area contributed by atoms with Crippen molar-refractivity contribution >= 4 is 5.78 Å².